The fraction of sp³-hybridized carbons (Fsp3) is 0.167. The summed E-state index contributed by atoms with van der Waals surface area (Å²) in [4.78, 5) is 0. The maximum absolute atomic E-state index is 6.37. The van der Waals surface area contributed by atoms with Gasteiger partial charge < -0.3 is 0 Å². The zero-order valence-corrected chi connectivity index (χ0v) is 8.74. The van der Waals surface area contributed by atoms with E-state index in [1.54, 1.807) is 0 Å². The highest BCUT2D eigenvalue weighted by Gasteiger charge is 2.17. The molecule has 0 saturated heterocycles. The molecule has 0 N–H and O–H groups in total. The molecule has 0 amide bonds. The van der Waals surface area contributed by atoms with Crippen molar-refractivity contribution in [3.05, 3.63) is 54.0 Å². The normalized spacial score (nSPS) is 15.1. The minimum atomic E-state index is 0.00718. The highest BCUT2D eigenvalue weighted by atomic mass is 35.5. The van der Waals surface area contributed by atoms with E-state index < -0.39 is 0 Å². The van der Waals surface area contributed by atoms with E-state index in [0.29, 0.717) is 0 Å². The van der Waals surface area contributed by atoms with Gasteiger partial charge in [0.05, 0.1) is 0 Å². The lowest BCUT2D eigenvalue weighted by Crippen LogP contribution is -2.26. The number of halogens is 1. The van der Waals surface area contributed by atoms with Gasteiger partial charge in [-0.25, -0.2) is 0 Å². The van der Waals surface area contributed by atoms with Crippen LogP contribution < -0.4 is 5.46 Å². The third-order valence-electron chi connectivity index (χ3n) is 2.41. The molecule has 0 fully saturated rings. The van der Waals surface area contributed by atoms with Crippen LogP contribution in [-0.2, 0) is 0 Å². The Labute approximate surface area is 90.3 Å². The quantitative estimate of drug-likeness (QED) is 0.647. The number of rotatable bonds is 2. The number of benzene rings is 1. The molecule has 1 aliphatic carbocycles. The summed E-state index contributed by atoms with van der Waals surface area (Å²) in [6, 6.07) is 10.2. The lowest BCUT2D eigenvalue weighted by molar-refractivity contribution is 1.03. The lowest BCUT2D eigenvalue weighted by Gasteiger charge is -2.10. The Morgan fingerprint density at radius 3 is 2.50 bits per heavy atom. The molecule has 14 heavy (non-hydrogen) atoms. The fourth-order valence-electron chi connectivity index (χ4n) is 1.64. The second-order valence-electron chi connectivity index (χ2n) is 3.46. The highest BCUT2D eigenvalue weighted by molar-refractivity contribution is 7.18. The molecule has 1 aromatic carbocycles. The fourth-order valence-corrected chi connectivity index (χ4v) is 1.94. The molecule has 0 nitrogen and oxygen atoms in total. The molecule has 0 unspecified atom stereocenters. The molecular formula is C12H12BCl. The van der Waals surface area contributed by atoms with E-state index >= 15 is 0 Å². The Kier molecular flexibility index (Phi) is 3.10. The zero-order chi connectivity index (χ0) is 9.80. The van der Waals surface area contributed by atoms with Gasteiger partial charge in [-0.05, 0) is 12.8 Å². The van der Waals surface area contributed by atoms with Crippen molar-refractivity contribution >= 4 is 23.1 Å². The van der Waals surface area contributed by atoms with E-state index in [4.69, 9.17) is 11.5 Å². The molecule has 1 aromatic rings. The Hall–Kier alpha value is -0.945. The highest BCUT2D eigenvalue weighted by Crippen LogP contribution is 2.14. The van der Waals surface area contributed by atoms with E-state index in [9.17, 15) is 0 Å². The van der Waals surface area contributed by atoms with Gasteiger partial charge in [-0.3, -0.25) is 0 Å². The summed E-state index contributed by atoms with van der Waals surface area (Å²) in [6.45, 7) is 0. The van der Waals surface area contributed by atoms with Crippen molar-refractivity contribution in [2.75, 3.05) is 0 Å². The molecule has 2 rings (SSSR count). The van der Waals surface area contributed by atoms with Gasteiger partial charge in [0.2, 0.25) is 0 Å². The predicted molar refractivity (Wildman–Crippen MR) is 64.1 cm³/mol. The monoisotopic (exact) mass is 202 g/mol. The van der Waals surface area contributed by atoms with Crippen LogP contribution in [0, 0.1) is 0 Å². The first kappa shape index (κ1) is 9.60. The molecule has 2 heteroatoms. The van der Waals surface area contributed by atoms with Crippen LogP contribution in [0.15, 0.2) is 54.0 Å². The number of hydrogen-bond acceptors (Lipinski definition) is 0. The Morgan fingerprint density at radius 2 is 1.86 bits per heavy atom. The summed E-state index contributed by atoms with van der Waals surface area (Å²) < 4.78 is 0. The second kappa shape index (κ2) is 4.52. The number of hydrogen-bond donors (Lipinski definition) is 0. The minimum absolute atomic E-state index is 0.00718. The topological polar surface area (TPSA) is 0 Å². The molecule has 0 bridgehead atoms. The third kappa shape index (κ3) is 2.10. The van der Waals surface area contributed by atoms with Crippen molar-refractivity contribution in [2.45, 2.75) is 12.8 Å². The van der Waals surface area contributed by atoms with Gasteiger partial charge in [-0.15, -0.1) is 0 Å². The summed E-state index contributed by atoms with van der Waals surface area (Å²) in [5, 5.41) is 0. The largest absolute Gasteiger partial charge is 0.315 e. The van der Waals surface area contributed by atoms with Crippen LogP contribution in [0.4, 0.5) is 0 Å². The van der Waals surface area contributed by atoms with E-state index in [1.807, 2.05) is 18.2 Å². The standard InChI is InChI=1S/C12H12BCl/c14-13(11-7-3-1-4-8-11)12-9-5-2-6-10-12/h1,3-5,7-10H,2,6H2. The zero-order valence-electron chi connectivity index (χ0n) is 7.99. The van der Waals surface area contributed by atoms with Gasteiger partial charge >= 0.3 is 6.13 Å². The Morgan fingerprint density at radius 1 is 1.07 bits per heavy atom. The first-order valence-electron chi connectivity index (χ1n) is 4.93. The van der Waals surface area contributed by atoms with Crippen LogP contribution in [-0.4, -0.2) is 6.13 Å². The smallest absolute Gasteiger partial charge is 0.182 e. The molecule has 0 spiro atoms. The lowest BCUT2D eigenvalue weighted by atomic mass is 9.60. The van der Waals surface area contributed by atoms with Crippen molar-refractivity contribution in [1.29, 1.82) is 0 Å². The van der Waals surface area contributed by atoms with Gasteiger partial charge in [0, 0.05) is 0 Å². The van der Waals surface area contributed by atoms with Gasteiger partial charge in [-0.2, -0.15) is 11.5 Å². The average Bonchev–Trinajstić information content (AvgIpc) is 2.30. The molecule has 0 heterocycles. The molecule has 1 aliphatic rings. The maximum Gasteiger partial charge on any atom is 0.315 e. The second-order valence-corrected chi connectivity index (χ2v) is 3.89. The summed E-state index contributed by atoms with van der Waals surface area (Å²) in [7, 11) is 0. The van der Waals surface area contributed by atoms with Crippen molar-refractivity contribution in [3.63, 3.8) is 0 Å². The maximum atomic E-state index is 6.37. The first-order chi connectivity index (χ1) is 6.88. The summed E-state index contributed by atoms with van der Waals surface area (Å²) >= 11 is 6.37. The van der Waals surface area contributed by atoms with Crippen LogP contribution >= 0.6 is 11.5 Å². The van der Waals surface area contributed by atoms with Crippen LogP contribution in [0.5, 0.6) is 0 Å². The summed E-state index contributed by atoms with van der Waals surface area (Å²) in [6.07, 6.45) is 8.81. The number of allylic oxidation sites excluding steroid dienone is 4. The van der Waals surface area contributed by atoms with Crippen molar-refractivity contribution in [3.8, 4) is 0 Å². The Balaban J connectivity index is 2.20. The van der Waals surface area contributed by atoms with Crippen LogP contribution in [0.1, 0.15) is 12.8 Å². The van der Waals surface area contributed by atoms with Crippen molar-refractivity contribution in [2.24, 2.45) is 0 Å². The van der Waals surface area contributed by atoms with E-state index in [-0.39, 0.29) is 6.13 Å². The van der Waals surface area contributed by atoms with Crippen molar-refractivity contribution in [1.82, 2.24) is 0 Å². The molecule has 0 saturated carbocycles. The predicted octanol–water partition coefficient (Wildman–Crippen LogP) is 2.94. The third-order valence-corrected chi connectivity index (χ3v) is 2.91. The van der Waals surface area contributed by atoms with Gasteiger partial charge in [-0.1, -0.05) is 59.5 Å². The van der Waals surface area contributed by atoms with Crippen molar-refractivity contribution < 1.29 is 0 Å². The van der Waals surface area contributed by atoms with Gasteiger partial charge in [0.15, 0.2) is 0 Å². The van der Waals surface area contributed by atoms with Gasteiger partial charge in [0.1, 0.15) is 0 Å². The average molecular weight is 202 g/mol. The molecule has 0 atom stereocenters. The Bertz CT molecular complexity index is 354. The SMILES string of the molecule is ClB(C1=CCCC=C1)c1ccccc1. The van der Waals surface area contributed by atoms with Crippen LogP contribution in [0.3, 0.4) is 0 Å². The van der Waals surface area contributed by atoms with E-state index in [1.165, 1.54) is 10.9 Å². The molecule has 70 valence electrons. The van der Waals surface area contributed by atoms with Crippen LogP contribution in [0.2, 0.25) is 0 Å². The molecule has 0 aromatic heterocycles. The minimum Gasteiger partial charge on any atom is -0.182 e. The summed E-state index contributed by atoms with van der Waals surface area (Å²) in [5.74, 6) is 0. The molecule has 0 radical (unpaired) electrons. The van der Waals surface area contributed by atoms with Gasteiger partial charge in [0.25, 0.3) is 0 Å². The molecule has 0 aliphatic heterocycles. The molecular weight excluding hydrogens is 190 g/mol. The van der Waals surface area contributed by atoms with E-state index in [2.05, 4.69) is 30.4 Å². The summed E-state index contributed by atoms with van der Waals surface area (Å²) in [5.41, 5.74) is 2.40. The van der Waals surface area contributed by atoms with E-state index in [0.717, 1.165) is 12.8 Å². The van der Waals surface area contributed by atoms with Crippen LogP contribution in [0.25, 0.3) is 0 Å². The first-order valence-corrected chi connectivity index (χ1v) is 5.37.